The summed E-state index contributed by atoms with van der Waals surface area (Å²) in [5, 5.41) is 8.50. The maximum absolute atomic E-state index is 12.6. The van der Waals surface area contributed by atoms with Crippen molar-refractivity contribution in [1.29, 1.82) is 5.26 Å². The van der Waals surface area contributed by atoms with Gasteiger partial charge in [0, 0.05) is 5.88 Å². The number of nitriles is 1. The molecule has 0 radical (unpaired) electrons. The Morgan fingerprint density at radius 3 is 2.67 bits per heavy atom. The normalized spacial score (nSPS) is 10.4. The third-order valence-electron chi connectivity index (χ3n) is 1.78. The van der Waals surface area contributed by atoms with Crippen molar-refractivity contribution in [1.82, 2.24) is 4.98 Å². The minimum atomic E-state index is -2.66. The molecule has 0 spiro atoms. The number of hydrogen-bond acceptors (Lipinski definition) is 2. The van der Waals surface area contributed by atoms with Gasteiger partial charge in [-0.25, -0.2) is 13.8 Å². The summed E-state index contributed by atoms with van der Waals surface area (Å²) in [5.74, 6) is 0.202. The first-order valence-electron chi connectivity index (χ1n) is 3.99. The Labute approximate surface area is 104 Å². The Balaban J connectivity index is 3.26. The molecule has 1 aromatic heterocycles. The first kappa shape index (κ1) is 12.6. The Morgan fingerprint density at radius 2 is 2.20 bits per heavy atom. The van der Waals surface area contributed by atoms with Gasteiger partial charge in [0.05, 0.1) is 12.5 Å². The van der Waals surface area contributed by atoms with Crippen LogP contribution in [0.1, 0.15) is 23.2 Å². The summed E-state index contributed by atoms with van der Waals surface area (Å²) in [6.45, 7) is 0. The molecule has 1 rings (SSSR count). The highest BCUT2D eigenvalue weighted by molar-refractivity contribution is 14.1. The van der Waals surface area contributed by atoms with Gasteiger partial charge in [-0.3, -0.25) is 0 Å². The standard InChI is InChI=1S/C9H6ClF2IN2/c10-4-6-3-5(1-2-14)7(8(11)12)15-9(6)13/h3,8H,1,4H2. The first-order valence-corrected chi connectivity index (χ1v) is 5.60. The highest BCUT2D eigenvalue weighted by Crippen LogP contribution is 2.25. The molecule has 0 saturated carbocycles. The van der Waals surface area contributed by atoms with E-state index in [2.05, 4.69) is 4.98 Å². The lowest BCUT2D eigenvalue weighted by atomic mass is 10.1. The molecule has 2 nitrogen and oxygen atoms in total. The minimum Gasteiger partial charge on any atom is -0.240 e. The van der Waals surface area contributed by atoms with E-state index in [4.69, 9.17) is 16.9 Å². The van der Waals surface area contributed by atoms with E-state index in [1.165, 1.54) is 6.07 Å². The van der Waals surface area contributed by atoms with Crippen LogP contribution in [0.2, 0.25) is 0 Å². The average Bonchev–Trinajstić information content (AvgIpc) is 2.20. The zero-order chi connectivity index (χ0) is 11.4. The summed E-state index contributed by atoms with van der Waals surface area (Å²) in [5.41, 5.74) is 0.602. The third kappa shape index (κ3) is 2.98. The molecule has 0 aromatic carbocycles. The molecular formula is C9H6ClF2IN2. The van der Waals surface area contributed by atoms with Crippen molar-refractivity contribution < 1.29 is 8.78 Å². The lowest BCUT2D eigenvalue weighted by molar-refractivity contribution is 0.144. The fourth-order valence-corrected chi connectivity index (χ4v) is 2.14. The first-order chi connectivity index (χ1) is 7.10. The smallest absolute Gasteiger partial charge is 0.240 e. The summed E-state index contributed by atoms with van der Waals surface area (Å²) in [6, 6.07) is 3.35. The van der Waals surface area contributed by atoms with Crippen LogP contribution in [0, 0.1) is 15.0 Å². The van der Waals surface area contributed by atoms with Crippen molar-refractivity contribution in [3.05, 3.63) is 26.6 Å². The number of nitrogens with zero attached hydrogens (tertiary/aromatic N) is 2. The van der Waals surface area contributed by atoms with Crippen LogP contribution in [-0.2, 0) is 12.3 Å². The van der Waals surface area contributed by atoms with Crippen LogP contribution in [-0.4, -0.2) is 4.98 Å². The molecule has 0 fully saturated rings. The van der Waals surface area contributed by atoms with Crippen LogP contribution in [0.15, 0.2) is 6.07 Å². The largest absolute Gasteiger partial charge is 0.280 e. The molecule has 0 unspecified atom stereocenters. The van der Waals surface area contributed by atoms with E-state index in [0.29, 0.717) is 9.26 Å². The predicted molar refractivity (Wildman–Crippen MR) is 60.8 cm³/mol. The lowest BCUT2D eigenvalue weighted by Crippen LogP contribution is -2.03. The van der Waals surface area contributed by atoms with Gasteiger partial charge in [-0.1, -0.05) is 0 Å². The van der Waals surface area contributed by atoms with Gasteiger partial charge >= 0.3 is 0 Å². The topological polar surface area (TPSA) is 36.7 Å². The lowest BCUT2D eigenvalue weighted by Gasteiger charge is -2.08. The third-order valence-corrected chi connectivity index (χ3v) is 3.00. The maximum atomic E-state index is 12.6. The van der Waals surface area contributed by atoms with Crippen molar-refractivity contribution >= 4 is 34.2 Å². The molecule has 0 N–H and O–H groups in total. The molecule has 0 aliphatic heterocycles. The van der Waals surface area contributed by atoms with E-state index in [1.807, 2.05) is 28.7 Å². The van der Waals surface area contributed by atoms with E-state index >= 15 is 0 Å². The summed E-state index contributed by atoms with van der Waals surface area (Å²) < 4.78 is 25.6. The second-order valence-electron chi connectivity index (χ2n) is 2.75. The monoisotopic (exact) mass is 342 g/mol. The van der Waals surface area contributed by atoms with Crippen LogP contribution < -0.4 is 0 Å². The van der Waals surface area contributed by atoms with Gasteiger partial charge in [-0.05, 0) is 39.8 Å². The zero-order valence-electron chi connectivity index (χ0n) is 7.48. The number of rotatable bonds is 3. The van der Waals surface area contributed by atoms with Crippen molar-refractivity contribution in [2.75, 3.05) is 0 Å². The summed E-state index contributed by atoms with van der Waals surface area (Å²) in [6.07, 6.45) is -2.74. The highest BCUT2D eigenvalue weighted by atomic mass is 127. The van der Waals surface area contributed by atoms with Crippen molar-refractivity contribution in [2.24, 2.45) is 0 Å². The van der Waals surface area contributed by atoms with Crippen molar-refractivity contribution in [3.63, 3.8) is 0 Å². The Bertz CT molecular complexity index is 404. The van der Waals surface area contributed by atoms with E-state index in [0.717, 1.165) is 0 Å². The molecule has 80 valence electrons. The highest BCUT2D eigenvalue weighted by Gasteiger charge is 2.17. The molecule has 15 heavy (non-hydrogen) atoms. The Kier molecular flexibility index (Phi) is 4.67. The molecular weight excluding hydrogens is 336 g/mol. The fourth-order valence-electron chi connectivity index (χ4n) is 1.10. The molecule has 0 atom stereocenters. The van der Waals surface area contributed by atoms with Gasteiger partial charge < -0.3 is 0 Å². The van der Waals surface area contributed by atoms with Crippen molar-refractivity contribution in [2.45, 2.75) is 18.7 Å². The van der Waals surface area contributed by atoms with E-state index < -0.39 is 6.43 Å². The van der Waals surface area contributed by atoms with Crippen LogP contribution in [0.5, 0.6) is 0 Å². The summed E-state index contributed by atoms with van der Waals surface area (Å²) >= 11 is 7.47. The SMILES string of the molecule is N#CCc1cc(CCl)c(I)nc1C(F)F. The molecule has 0 bridgehead atoms. The van der Waals surface area contributed by atoms with Crippen LogP contribution >= 0.6 is 34.2 Å². The van der Waals surface area contributed by atoms with Crippen LogP contribution in [0.4, 0.5) is 8.78 Å². The average molecular weight is 343 g/mol. The van der Waals surface area contributed by atoms with Crippen LogP contribution in [0.25, 0.3) is 0 Å². The molecule has 6 heteroatoms. The van der Waals surface area contributed by atoms with Gasteiger partial charge in [0.25, 0.3) is 6.43 Å². The van der Waals surface area contributed by atoms with Gasteiger partial charge in [0.2, 0.25) is 0 Å². The van der Waals surface area contributed by atoms with Gasteiger partial charge in [-0.15, -0.1) is 11.6 Å². The Morgan fingerprint density at radius 1 is 1.53 bits per heavy atom. The number of hydrogen-bond donors (Lipinski definition) is 0. The number of pyridine rings is 1. The number of aromatic nitrogens is 1. The van der Waals surface area contributed by atoms with Crippen molar-refractivity contribution in [3.8, 4) is 6.07 Å². The van der Waals surface area contributed by atoms with Gasteiger partial charge in [-0.2, -0.15) is 5.26 Å². The molecule has 0 aliphatic rings. The maximum Gasteiger partial charge on any atom is 0.280 e. The van der Waals surface area contributed by atoms with E-state index in [1.54, 1.807) is 0 Å². The molecule has 0 saturated heterocycles. The van der Waals surface area contributed by atoms with E-state index in [9.17, 15) is 8.78 Å². The number of alkyl halides is 3. The quantitative estimate of drug-likeness (QED) is 0.479. The van der Waals surface area contributed by atoms with E-state index in [-0.39, 0.29) is 23.6 Å². The van der Waals surface area contributed by atoms with Crippen LogP contribution in [0.3, 0.4) is 0 Å². The molecule has 1 aromatic rings. The number of halogens is 4. The molecule has 0 amide bonds. The second-order valence-corrected chi connectivity index (χ2v) is 4.04. The summed E-state index contributed by atoms with van der Waals surface area (Å²) in [7, 11) is 0. The molecule has 1 heterocycles. The van der Waals surface area contributed by atoms with Gasteiger partial charge in [0.1, 0.15) is 9.39 Å². The Hall–Kier alpha value is -0.480. The second kappa shape index (κ2) is 5.56. The predicted octanol–water partition coefficient (Wildman–Crippen LogP) is 3.43. The minimum absolute atomic E-state index is 0.0759. The van der Waals surface area contributed by atoms with Gasteiger partial charge in [0.15, 0.2) is 0 Å². The summed E-state index contributed by atoms with van der Waals surface area (Å²) in [4.78, 5) is 3.76. The zero-order valence-corrected chi connectivity index (χ0v) is 10.4. The molecule has 0 aliphatic carbocycles. The fraction of sp³-hybridized carbons (Fsp3) is 0.333.